The molecule has 1 saturated carbocycles. The summed E-state index contributed by atoms with van der Waals surface area (Å²) in [6, 6.07) is 11.2. The molecule has 21 heavy (non-hydrogen) atoms. The lowest BCUT2D eigenvalue weighted by Crippen LogP contribution is -2.09. The minimum atomic E-state index is 0.324. The number of hydrogen-bond donors (Lipinski definition) is 1. The molecular formula is C18H22N2O. The van der Waals surface area contributed by atoms with Crippen LogP contribution in [0.1, 0.15) is 54.5 Å². The lowest BCUT2D eigenvalue weighted by atomic mass is 9.97. The molecule has 3 nitrogen and oxygen atoms in total. The summed E-state index contributed by atoms with van der Waals surface area (Å²) in [5.74, 6) is 0.941. The Kier molecular flexibility index (Phi) is 3.30. The lowest BCUT2D eigenvalue weighted by molar-refractivity contribution is 0.225. The Morgan fingerprint density at radius 1 is 1.14 bits per heavy atom. The quantitative estimate of drug-likeness (QED) is 0.938. The van der Waals surface area contributed by atoms with Gasteiger partial charge in [0.15, 0.2) is 0 Å². The first-order valence-electron chi connectivity index (χ1n) is 8.09. The van der Waals surface area contributed by atoms with Crippen LogP contribution in [-0.4, -0.2) is 21.5 Å². The molecule has 4 rings (SSSR count). The van der Waals surface area contributed by atoms with Crippen LogP contribution in [0.4, 0.5) is 0 Å². The topological polar surface area (TPSA) is 38.0 Å². The van der Waals surface area contributed by atoms with Gasteiger partial charge < -0.3 is 5.11 Å². The standard InChI is InChI=1S/C18H22N2O/c21-12-13-6-8-16(10-13)20-11-15-7-9-17(18(15)19-20)14-4-2-1-3-5-14/h1-5,11,13,16-17,21H,6-10,12H2. The van der Waals surface area contributed by atoms with E-state index in [-0.39, 0.29) is 0 Å². The number of aromatic nitrogens is 2. The first-order chi connectivity index (χ1) is 10.3. The van der Waals surface area contributed by atoms with Crippen molar-refractivity contribution in [2.24, 2.45) is 5.92 Å². The van der Waals surface area contributed by atoms with Crippen LogP contribution in [-0.2, 0) is 6.42 Å². The van der Waals surface area contributed by atoms with E-state index in [1.54, 1.807) is 0 Å². The molecule has 110 valence electrons. The van der Waals surface area contributed by atoms with E-state index in [9.17, 15) is 5.11 Å². The maximum atomic E-state index is 9.31. The van der Waals surface area contributed by atoms with Gasteiger partial charge in [0.2, 0.25) is 0 Å². The third-order valence-electron chi connectivity index (χ3n) is 5.22. The minimum Gasteiger partial charge on any atom is -0.396 e. The van der Waals surface area contributed by atoms with E-state index in [1.807, 2.05) is 0 Å². The highest BCUT2D eigenvalue weighted by atomic mass is 16.3. The molecule has 0 amide bonds. The molecular weight excluding hydrogens is 260 g/mol. The Hall–Kier alpha value is -1.61. The number of aliphatic hydroxyl groups is 1. The first-order valence-corrected chi connectivity index (χ1v) is 8.09. The van der Waals surface area contributed by atoms with Crippen molar-refractivity contribution in [3.8, 4) is 0 Å². The van der Waals surface area contributed by atoms with E-state index in [0.717, 1.165) is 25.7 Å². The highest BCUT2D eigenvalue weighted by Crippen LogP contribution is 2.40. The smallest absolute Gasteiger partial charge is 0.0731 e. The molecule has 2 aromatic rings. The Morgan fingerprint density at radius 2 is 2.00 bits per heavy atom. The average molecular weight is 282 g/mol. The van der Waals surface area contributed by atoms with Crippen molar-refractivity contribution in [1.29, 1.82) is 0 Å². The molecule has 0 radical (unpaired) electrons. The number of fused-ring (bicyclic) bond motifs is 1. The minimum absolute atomic E-state index is 0.324. The highest BCUT2D eigenvalue weighted by Gasteiger charge is 2.31. The Bertz CT molecular complexity index is 619. The summed E-state index contributed by atoms with van der Waals surface area (Å²) in [7, 11) is 0. The van der Waals surface area contributed by atoms with E-state index in [0.29, 0.717) is 24.5 Å². The zero-order chi connectivity index (χ0) is 14.2. The van der Waals surface area contributed by atoms with E-state index in [2.05, 4.69) is 41.2 Å². The van der Waals surface area contributed by atoms with Crippen LogP contribution in [0.25, 0.3) is 0 Å². The van der Waals surface area contributed by atoms with Crippen LogP contribution >= 0.6 is 0 Å². The summed E-state index contributed by atoms with van der Waals surface area (Å²) in [6.07, 6.45) is 7.96. The van der Waals surface area contributed by atoms with Gasteiger partial charge in [-0.15, -0.1) is 0 Å². The fourth-order valence-electron chi connectivity index (χ4n) is 4.02. The van der Waals surface area contributed by atoms with Crippen LogP contribution in [0.2, 0.25) is 0 Å². The van der Waals surface area contributed by atoms with Crippen molar-refractivity contribution in [3.05, 3.63) is 53.3 Å². The molecule has 0 aliphatic heterocycles. The Balaban J connectivity index is 1.59. The van der Waals surface area contributed by atoms with Crippen LogP contribution < -0.4 is 0 Å². The SMILES string of the molecule is OCC1CCC(n2cc3c(n2)C(c2ccccc2)CC3)C1. The van der Waals surface area contributed by atoms with E-state index in [4.69, 9.17) is 5.10 Å². The van der Waals surface area contributed by atoms with Gasteiger partial charge in [-0.25, -0.2) is 0 Å². The summed E-state index contributed by atoms with van der Waals surface area (Å²) < 4.78 is 2.19. The Morgan fingerprint density at radius 3 is 2.76 bits per heavy atom. The van der Waals surface area contributed by atoms with Gasteiger partial charge in [-0.1, -0.05) is 30.3 Å². The third kappa shape index (κ3) is 2.30. The van der Waals surface area contributed by atoms with Crippen molar-refractivity contribution in [2.45, 2.75) is 44.1 Å². The van der Waals surface area contributed by atoms with Crippen molar-refractivity contribution >= 4 is 0 Å². The van der Waals surface area contributed by atoms with Gasteiger partial charge >= 0.3 is 0 Å². The molecule has 3 unspecified atom stereocenters. The summed E-state index contributed by atoms with van der Waals surface area (Å²) >= 11 is 0. The van der Waals surface area contributed by atoms with Gasteiger partial charge in [0.1, 0.15) is 0 Å². The Labute approximate surface area is 125 Å². The number of rotatable bonds is 3. The van der Waals surface area contributed by atoms with Crippen molar-refractivity contribution in [1.82, 2.24) is 9.78 Å². The predicted molar refractivity (Wildman–Crippen MR) is 82.3 cm³/mol. The van der Waals surface area contributed by atoms with Crippen molar-refractivity contribution in [3.63, 3.8) is 0 Å². The van der Waals surface area contributed by atoms with Crippen molar-refractivity contribution in [2.75, 3.05) is 6.61 Å². The molecule has 1 fully saturated rings. The maximum Gasteiger partial charge on any atom is 0.0731 e. The summed E-state index contributed by atoms with van der Waals surface area (Å²) in [5.41, 5.74) is 4.10. The van der Waals surface area contributed by atoms with Gasteiger partial charge in [0, 0.05) is 18.7 Å². The van der Waals surface area contributed by atoms with Crippen LogP contribution in [0.15, 0.2) is 36.5 Å². The maximum absolute atomic E-state index is 9.31. The molecule has 2 aliphatic carbocycles. The lowest BCUT2D eigenvalue weighted by Gasteiger charge is -2.13. The summed E-state index contributed by atoms with van der Waals surface area (Å²) in [4.78, 5) is 0. The van der Waals surface area contributed by atoms with E-state index >= 15 is 0 Å². The molecule has 1 aromatic carbocycles. The van der Waals surface area contributed by atoms with Gasteiger partial charge in [0.05, 0.1) is 11.7 Å². The molecule has 1 aromatic heterocycles. The number of nitrogens with zero attached hydrogens (tertiary/aromatic N) is 2. The van der Waals surface area contributed by atoms with Crippen LogP contribution in [0, 0.1) is 5.92 Å². The van der Waals surface area contributed by atoms with Gasteiger partial charge in [-0.3, -0.25) is 4.68 Å². The largest absolute Gasteiger partial charge is 0.396 e. The van der Waals surface area contributed by atoms with Crippen LogP contribution in [0.5, 0.6) is 0 Å². The molecule has 3 atom stereocenters. The van der Waals surface area contributed by atoms with E-state index in [1.165, 1.54) is 23.2 Å². The van der Waals surface area contributed by atoms with Crippen LogP contribution in [0.3, 0.4) is 0 Å². The second kappa shape index (κ2) is 5.30. The molecule has 0 saturated heterocycles. The number of benzene rings is 1. The second-order valence-electron chi connectivity index (χ2n) is 6.54. The van der Waals surface area contributed by atoms with Crippen molar-refractivity contribution < 1.29 is 5.11 Å². The predicted octanol–water partition coefficient (Wildman–Crippen LogP) is 3.29. The summed E-state index contributed by atoms with van der Waals surface area (Å²) in [6.45, 7) is 0.324. The first kappa shape index (κ1) is 13.1. The van der Waals surface area contributed by atoms with E-state index < -0.39 is 0 Å². The number of aryl methyl sites for hydroxylation is 1. The van der Waals surface area contributed by atoms with Gasteiger partial charge in [0.25, 0.3) is 0 Å². The third-order valence-corrected chi connectivity index (χ3v) is 5.22. The molecule has 2 aliphatic rings. The zero-order valence-electron chi connectivity index (χ0n) is 12.3. The molecule has 1 N–H and O–H groups in total. The molecule has 3 heteroatoms. The number of hydrogen-bond acceptors (Lipinski definition) is 2. The van der Waals surface area contributed by atoms with Gasteiger partial charge in [-0.2, -0.15) is 5.10 Å². The molecule has 1 heterocycles. The normalized spacial score (nSPS) is 28.0. The fraction of sp³-hybridized carbons (Fsp3) is 0.500. The number of aliphatic hydroxyl groups excluding tert-OH is 1. The highest BCUT2D eigenvalue weighted by molar-refractivity contribution is 5.37. The zero-order valence-corrected chi connectivity index (χ0v) is 12.3. The molecule has 0 bridgehead atoms. The molecule has 0 spiro atoms. The fourth-order valence-corrected chi connectivity index (χ4v) is 4.02. The monoisotopic (exact) mass is 282 g/mol. The van der Waals surface area contributed by atoms with Gasteiger partial charge in [-0.05, 0) is 49.1 Å². The summed E-state index contributed by atoms with van der Waals surface area (Å²) in [5, 5.41) is 14.2. The average Bonchev–Trinajstić information content (AvgIpc) is 3.22. The second-order valence-corrected chi connectivity index (χ2v) is 6.54.